The van der Waals surface area contributed by atoms with Crippen LogP contribution >= 0.6 is 0 Å². The lowest BCUT2D eigenvalue weighted by atomic mass is 10.3. The summed E-state index contributed by atoms with van der Waals surface area (Å²) in [5.41, 5.74) is 0. The van der Waals surface area contributed by atoms with E-state index in [1.165, 1.54) is 5.82 Å². The third kappa shape index (κ3) is 9.10. The Labute approximate surface area is 143 Å². The zero-order valence-corrected chi connectivity index (χ0v) is 13.3. The minimum atomic E-state index is -5.08. The number of halogens is 6. The van der Waals surface area contributed by atoms with Crippen LogP contribution in [0.15, 0.2) is 12.3 Å². The van der Waals surface area contributed by atoms with E-state index in [1.807, 2.05) is 17.9 Å². The first-order valence-corrected chi connectivity index (χ1v) is 6.80. The summed E-state index contributed by atoms with van der Waals surface area (Å²) in [6.07, 6.45) is -8.32. The molecule has 0 aromatic carbocycles. The Bertz CT molecular complexity index is 557. The predicted molar refractivity (Wildman–Crippen MR) is 75.7 cm³/mol. The molecule has 1 aliphatic rings. The molecule has 8 nitrogen and oxygen atoms in total. The molecule has 14 heteroatoms. The maximum Gasteiger partial charge on any atom is 0.490 e. The van der Waals surface area contributed by atoms with Gasteiger partial charge in [-0.25, -0.2) is 9.59 Å². The van der Waals surface area contributed by atoms with Crippen molar-refractivity contribution in [2.24, 2.45) is 7.05 Å². The largest absolute Gasteiger partial charge is 0.490 e. The summed E-state index contributed by atoms with van der Waals surface area (Å²) in [7, 11) is 1.98. The van der Waals surface area contributed by atoms with E-state index in [9.17, 15) is 26.3 Å². The van der Waals surface area contributed by atoms with Crippen LogP contribution in [-0.2, 0) is 16.6 Å². The van der Waals surface area contributed by atoms with E-state index in [4.69, 9.17) is 19.8 Å². The van der Waals surface area contributed by atoms with Gasteiger partial charge in [-0.3, -0.25) is 4.68 Å². The van der Waals surface area contributed by atoms with Gasteiger partial charge in [-0.05, 0) is 0 Å². The minimum absolute atomic E-state index is 1.07. The average Bonchev–Trinajstić information content (AvgIpc) is 2.93. The fraction of sp³-hybridized carbons (Fsp3) is 0.583. The SMILES string of the molecule is Cn1nccc1N1CCNCC1.O=C(O)C(F)(F)F.O=C(O)C(F)(F)F. The molecule has 2 rings (SSSR count). The molecule has 0 saturated carbocycles. The molecular weight excluding hydrogens is 378 g/mol. The summed E-state index contributed by atoms with van der Waals surface area (Å²) in [4.78, 5) is 20.1. The van der Waals surface area contributed by atoms with Gasteiger partial charge in [-0.1, -0.05) is 0 Å². The van der Waals surface area contributed by atoms with Crippen LogP contribution in [0.5, 0.6) is 0 Å². The van der Waals surface area contributed by atoms with Crippen molar-refractivity contribution in [3.05, 3.63) is 12.3 Å². The van der Waals surface area contributed by atoms with Crippen LogP contribution in [0.1, 0.15) is 0 Å². The zero-order chi connectivity index (χ0) is 20.5. The van der Waals surface area contributed by atoms with E-state index >= 15 is 0 Å². The van der Waals surface area contributed by atoms with Crippen molar-refractivity contribution in [2.75, 3.05) is 31.1 Å². The van der Waals surface area contributed by atoms with Crippen LogP contribution in [-0.4, -0.2) is 70.5 Å². The second kappa shape index (κ2) is 9.84. The summed E-state index contributed by atoms with van der Waals surface area (Å²) in [6.45, 7) is 4.31. The molecule has 0 atom stereocenters. The Morgan fingerprint density at radius 2 is 1.42 bits per heavy atom. The normalized spacial score (nSPS) is 14.5. The van der Waals surface area contributed by atoms with E-state index in [-0.39, 0.29) is 0 Å². The highest BCUT2D eigenvalue weighted by atomic mass is 19.4. The van der Waals surface area contributed by atoms with Crippen molar-refractivity contribution in [1.29, 1.82) is 0 Å². The van der Waals surface area contributed by atoms with Crippen molar-refractivity contribution in [3.63, 3.8) is 0 Å². The summed E-state index contributed by atoms with van der Waals surface area (Å²) in [6, 6.07) is 2.06. The minimum Gasteiger partial charge on any atom is -0.475 e. The smallest absolute Gasteiger partial charge is 0.475 e. The number of anilines is 1. The number of aliphatic carboxylic acids is 2. The molecule has 150 valence electrons. The Morgan fingerprint density at radius 3 is 1.69 bits per heavy atom. The molecule has 26 heavy (non-hydrogen) atoms. The Kier molecular flexibility index (Phi) is 8.89. The molecular formula is C12H16F6N4O4. The first-order valence-electron chi connectivity index (χ1n) is 6.80. The van der Waals surface area contributed by atoms with E-state index in [2.05, 4.69) is 21.4 Å². The first-order chi connectivity index (χ1) is 11.8. The maximum absolute atomic E-state index is 10.6. The molecule has 1 aromatic heterocycles. The number of hydrogen-bond acceptors (Lipinski definition) is 5. The summed E-state index contributed by atoms with van der Waals surface area (Å²) in [5, 5.41) is 21.7. The highest BCUT2D eigenvalue weighted by Gasteiger charge is 2.38. The summed E-state index contributed by atoms with van der Waals surface area (Å²) >= 11 is 0. The number of piperazine rings is 1. The van der Waals surface area contributed by atoms with Gasteiger partial charge in [0.1, 0.15) is 5.82 Å². The number of carbonyl (C=O) groups is 2. The Morgan fingerprint density at radius 1 is 1.04 bits per heavy atom. The number of nitrogens with zero attached hydrogens (tertiary/aromatic N) is 3. The third-order valence-corrected chi connectivity index (χ3v) is 2.72. The fourth-order valence-electron chi connectivity index (χ4n) is 1.57. The van der Waals surface area contributed by atoms with Crippen LogP contribution in [0.3, 0.4) is 0 Å². The maximum atomic E-state index is 10.6. The monoisotopic (exact) mass is 394 g/mol. The highest BCUT2D eigenvalue weighted by Crippen LogP contribution is 2.14. The number of aryl methyl sites for hydroxylation is 1. The number of rotatable bonds is 1. The van der Waals surface area contributed by atoms with Gasteiger partial charge in [-0.15, -0.1) is 0 Å². The molecule has 0 bridgehead atoms. The zero-order valence-electron chi connectivity index (χ0n) is 13.3. The van der Waals surface area contributed by atoms with E-state index in [0.29, 0.717) is 0 Å². The molecule has 0 aliphatic carbocycles. The van der Waals surface area contributed by atoms with Gasteiger partial charge in [0.15, 0.2) is 0 Å². The topological polar surface area (TPSA) is 108 Å². The van der Waals surface area contributed by atoms with Gasteiger partial charge in [-0.2, -0.15) is 31.4 Å². The Hall–Kier alpha value is -2.51. The number of aromatic nitrogens is 2. The molecule has 0 radical (unpaired) electrons. The third-order valence-electron chi connectivity index (χ3n) is 2.72. The number of carboxylic acid groups (broad SMARTS) is 2. The number of nitrogens with one attached hydrogen (secondary N) is 1. The quantitative estimate of drug-likeness (QED) is 0.612. The molecule has 1 saturated heterocycles. The second-order valence-corrected chi connectivity index (χ2v) is 4.66. The fourth-order valence-corrected chi connectivity index (χ4v) is 1.57. The lowest BCUT2D eigenvalue weighted by Crippen LogP contribution is -2.44. The van der Waals surface area contributed by atoms with Crippen LogP contribution in [0.25, 0.3) is 0 Å². The van der Waals surface area contributed by atoms with Gasteiger partial charge < -0.3 is 20.4 Å². The molecule has 0 amide bonds. The van der Waals surface area contributed by atoms with E-state index in [1.54, 1.807) is 0 Å². The standard InChI is InChI=1S/C8H14N4.2C2HF3O2/c1-11-8(2-3-10-11)12-6-4-9-5-7-12;2*3-2(4,5)1(6)7/h2-3,9H,4-7H2,1H3;2*(H,6,7). The van der Waals surface area contributed by atoms with Gasteiger partial charge in [0, 0.05) is 39.3 Å². The Balaban J connectivity index is 0.000000390. The second-order valence-electron chi connectivity index (χ2n) is 4.66. The molecule has 1 aliphatic heterocycles. The predicted octanol–water partition coefficient (Wildman–Crippen LogP) is 1.10. The van der Waals surface area contributed by atoms with Crippen LogP contribution < -0.4 is 10.2 Å². The van der Waals surface area contributed by atoms with Crippen molar-refractivity contribution in [2.45, 2.75) is 12.4 Å². The van der Waals surface area contributed by atoms with Gasteiger partial charge in [0.2, 0.25) is 0 Å². The molecule has 3 N–H and O–H groups in total. The number of hydrogen-bond donors (Lipinski definition) is 3. The number of carboxylic acids is 2. The van der Waals surface area contributed by atoms with Crippen molar-refractivity contribution >= 4 is 17.8 Å². The molecule has 0 spiro atoms. The highest BCUT2D eigenvalue weighted by molar-refractivity contribution is 5.73. The first kappa shape index (κ1) is 23.5. The summed E-state index contributed by atoms with van der Waals surface area (Å²) < 4.78 is 65.4. The molecule has 2 heterocycles. The van der Waals surface area contributed by atoms with Crippen LogP contribution in [0, 0.1) is 0 Å². The van der Waals surface area contributed by atoms with Gasteiger partial charge in [0.05, 0.1) is 6.20 Å². The van der Waals surface area contributed by atoms with Crippen molar-refractivity contribution in [1.82, 2.24) is 15.1 Å². The molecule has 1 fully saturated rings. The van der Waals surface area contributed by atoms with Crippen LogP contribution in [0.2, 0.25) is 0 Å². The van der Waals surface area contributed by atoms with Gasteiger partial charge >= 0.3 is 24.3 Å². The molecule has 0 unspecified atom stereocenters. The number of alkyl halides is 6. The van der Waals surface area contributed by atoms with E-state index < -0.39 is 24.3 Å². The van der Waals surface area contributed by atoms with E-state index in [0.717, 1.165) is 26.2 Å². The lowest BCUT2D eigenvalue weighted by molar-refractivity contribution is -0.193. The van der Waals surface area contributed by atoms with Crippen molar-refractivity contribution < 1.29 is 46.1 Å². The average molecular weight is 394 g/mol. The van der Waals surface area contributed by atoms with Crippen molar-refractivity contribution in [3.8, 4) is 0 Å². The lowest BCUT2D eigenvalue weighted by Gasteiger charge is -2.28. The summed E-state index contributed by atoms with van der Waals surface area (Å²) in [5.74, 6) is -4.29. The van der Waals surface area contributed by atoms with Crippen LogP contribution in [0.4, 0.5) is 32.2 Å². The van der Waals surface area contributed by atoms with Gasteiger partial charge in [0.25, 0.3) is 0 Å². The molecule has 1 aromatic rings.